The van der Waals surface area contributed by atoms with Crippen LogP contribution in [0.25, 0.3) is 22.7 Å². The molecule has 1 unspecified atom stereocenters. The summed E-state index contributed by atoms with van der Waals surface area (Å²) in [5.74, 6) is 1.26. The van der Waals surface area contributed by atoms with Crippen LogP contribution in [0.2, 0.25) is 0 Å². The maximum Gasteiger partial charge on any atom is 0.328 e. The first-order valence-corrected chi connectivity index (χ1v) is 11.4. The summed E-state index contributed by atoms with van der Waals surface area (Å²) in [4.78, 5) is 22.4. The van der Waals surface area contributed by atoms with E-state index in [0.717, 1.165) is 5.56 Å². The van der Waals surface area contributed by atoms with Crippen LogP contribution in [0.4, 0.5) is 5.69 Å². The molecule has 11 heteroatoms. The first kappa shape index (κ1) is 23.6. The fraction of sp³-hybridized carbons (Fsp3) is 0.286. The summed E-state index contributed by atoms with van der Waals surface area (Å²) in [5, 5.41) is 22.7. The topological polar surface area (TPSA) is 155 Å². The van der Waals surface area contributed by atoms with Crippen molar-refractivity contribution in [1.29, 1.82) is 0 Å². The van der Waals surface area contributed by atoms with Crippen LogP contribution in [0.5, 0.6) is 17.2 Å². The van der Waals surface area contributed by atoms with Gasteiger partial charge >= 0.3 is 7.60 Å². The van der Waals surface area contributed by atoms with Gasteiger partial charge in [-0.2, -0.15) is 0 Å². The molecule has 3 rings (SSSR count). The van der Waals surface area contributed by atoms with Crippen LogP contribution in [0.15, 0.2) is 40.8 Å². The molecule has 10 nitrogen and oxygen atoms in total. The van der Waals surface area contributed by atoms with Gasteiger partial charge in [-0.05, 0) is 31.2 Å². The minimum absolute atomic E-state index is 0.00209. The zero-order valence-electron chi connectivity index (χ0n) is 17.8. The standard InChI is InChI=1S/C21H25N2O8P/c1-12-19(13-4-6-15(7-5-13)22-10-16(24)11-32(26,27)28)23-21(31-12)14-8-17(29-2)20(25)18(9-14)30-3/h4-9,16,22,24-25H,10-11H2,1-3H3,(H2,26,27,28). The van der Waals surface area contributed by atoms with Gasteiger partial charge in [-0.25, -0.2) is 4.98 Å². The lowest BCUT2D eigenvalue weighted by Gasteiger charge is -2.13. The number of phenols is 1. The molecular formula is C21H25N2O8P. The highest BCUT2D eigenvalue weighted by Gasteiger charge is 2.20. The Kier molecular flexibility index (Phi) is 7.10. The van der Waals surface area contributed by atoms with Gasteiger partial charge in [0.25, 0.3) is 0 Å². The molecule has 3 aromatic rings. The maximum absolute atomic E-state index is 10.9. The van der Waals surface area contributed by atoms with E-state index < -0.39 is 19.9 Å². The fourth-order valence-corrected chi connectivity index (χ4v) is 3.80. The molecule has 0 bridgehead atoms. The quantitative estimate of drug-likeness (QED) is 0.299. The molecule has 0 saturated heterocycles. The Bertz CT molecular complexity index is 1100. The number of benzene rings is 2. The van der Waals surface area contributed by atoms with Crippen LogP contribution in [0.1, 0.15) is 5.76 Å². The van der Waals surface area contributed by atoms with E-state index in [1.807, 2.05) is 12.1 Å². The maximum atomic E-state index is 10.9. The lowest BCUT2D eigenvalue weighted by atomic mass is 10.1. The Morgan fingerprint density at radius 1 is 1.09 bits per heavy atom. The number of aliphatic hydroxyl groups excluding tert-OH is 1. The second kappa shape index (κ2) is 9.62. The second-order valence-electron chi connectivity index (χ2n) is 7.11. The Balaban J connectivity index is 1.79. The molecule has 0 spiro atoms. The summed E-state index contributed by atoms with van der Waals surface area (Å²) in [6.45, 7) is 1.79. The number of methoxy groups -OCH3 is 2. The van der Waals surface area contributed by atoms with E-state index in [0.29, 0.717) is 28.6 Å². The summed E-state index contributed by atoms with van der Waals surface area (Å²) >= 11 is 0. The predicted molar refractivity (Wildman–Crippen MR) is 118 cm³/mol. The van der Waals surface area contributed by atoms with Gasteiger partial charge in [0.1, 0.15) is 11.5 Å². The molecule has 1 aromatic heterocycles. The van der Waals surface area contributed by atoms with Crippen molar-refractivity contribution in [3.8, 4) is 40.0 Å². The third-order valence-corrected chi connectivity index (χ3v) is 5.57. The second-order valence-corrected chi connectivity index (χ2v) is 8.81. The Morgan fingerprint density at radius 3 is 2.22 bits per heavy atom. The van der Waals surface area contributed by atoms with E-state index in [4.69, 9.17) is 23.7 Å². The lowest BCUT2D eigenvalue weighted by molar-refractivity contribution is 0.201. The third kappa shape index (κ3) is 5.60. The molecule has 0 aliphatic rings. The molecule has 0 fully saturated rings. The number of hydrogen-bond donors (Lipinski definition) is 5. The summed E-state index contributed by atoms with van der Waals surface area (Å²) in [5.41, 5.74) is 2.66. The normalized spacial score (nSPS) is 12.4. The fourth-order valence-electron chi connectivity index (χ4n) is 3.13. The van der Waals surface area contributed by atoms with E-state index in [2.05, 4.69) is 10.3 Å². The molecule has 0 saturated carbocycles. The van der Waals surface area contributed by atoms with Gasteiger partial charge < -0.3 is 39.2 Å². The number of anilines is 1. The number of aryl methyl sites for hydroxylation is 1. The summed E-state index contributed by atoms with van der Waals surface area (Å²) < 4.78 is 27.1. The molecule has 0 amide bonds. The number of hydrogen-bond acceptors (Lipinski definition) is 8. The molecule has 172 valence electrons. The summed E-state index contributed by atoms with van der Waals surface area (Å²) in [6, 6.07) is 10.3. The molecule has 2 aromatic carbocycles. The predicted octanol–water partition coefficient (Wildman–Crippen LogP) is 2.99. The molecule has 32 heavy (non-hydrogen) atoms. The Morgan fingerprint density at radius 2 is 1.69 bits per heavy atom. The zero-order valence-corrected chi connectivity index (χ0v) is 18.7. The zero-order chi connectivity index (χ0) is 23.5. The first-order chi connectivity index (χ1) is 15.1. The van der Waals surface area contributed by atoms with Crippen molar-refractivity contribution in [2.45, 2.75) is 13.0 Å². The molecule has 1 atom stereocenters. The van der Waals surface area contributed by atoms with Gasteiger partial charge in [-0.1, -0.05) is 12.1 Å². The first-order valence-electron chi connectivity index (χ1n) is 9.61. The van der Waals surface area contributed by atoms with Crippen molar-refractivity contribution in [3.05, 3.63) is 42.2 Å². The van der Waals surface area contributed by atoms with E-state index in [-0.39, 0.29) is 23.8 Å². The molecule has 0 radical (unpaired) electrons. The highest BCUT2D eigenvalue weighted by Crippen LogP contribution is 2.41. The highest BCUT2D eigenvalue weighted by atomic mass is 31.2. The van der Waals surface area contributed by atoms with Crippen molar-refractivity contribution < 1.29 is 38.5 Å². The number of nitrogens with zero attached hydrogens (tertiary/aromatic N) is 1. The smallest absolute Gasteiger partial charge is 0.328 e. The summed E-state index contributed by atoms with van der Waals surface area (Å²) in [6.07, 6.45) is -1.78. The van der Waals surface area contributed by atoms with Gasteiger partial charge in [-0.15, -0.1) is 0 Å². The largest absolute Gasteiger partial charge is 0.502 e. The van der Waals surface area contributed by atoms with Gasteiger partial charge in [0.15, 0.2) is 11.5 Å². The molecule has 5 N–H and O–H groups in total. The van der Waals surface area contributed by atoms with Crippen molar-refractivity contribution in [3.63, 3.8) is 0 Å². The average molecular weight is 464 g/mol. The van der Waals surface area contributed by atoms with Gasteiger partial charge in [0.05, 0.1) is 26.5 Å². The van der Waals surface area contributed by atoms with Crippen LogP contribution >= 0.6 is 7.60 Å². The van der Waals surface area contributed by atoms with Crippen molar-refractivity contribution in [2.75, 3.05) is 32.2 Å². The van der Waals surface area contributed by atoms with E-state index in [1.165, 1.54) is 14.2 Å². The Labute approximate surface area is 184 Å². The van der Waals surface area contributed by atoms with Crippen LogP contribution in [0.3, 0.4) is 0 Å². The summed E-state index contributed by atoms with van der Waals surface area (Å²) in [7, 11) is -1.40. The van der Waals surface area contributed by atoms with Crippen LogP contribution in [0, 0.1) is 6.92 Å². The number of aromatic nitrogens is 1. The number of aromatic hydroxyl groups is 1. The number of rotatable bonds is 9. The minimum atomic E-state index is -4.27. The number of oxazole rings is 1. The third-order valence-electron chi connectivity index (χ3n) is 4.67. The monoisotopic (exact) mass is 464 g/mol. The molecular weight excluding hydrogens is 439 g/mol. The number of phenolic OH excluding ortho intramolecular Hbond substituents is 1. The number of aliphatic hydroxyl groups is 1. The van der Waals surface area contributed by atoms with E-state index in [9.17, 15) is 14.8 Å². The average Bonchev–Trinajstić information content (AvgIpc) is 3.13. The highest BCUT2D eigenvalue weighted by molar-refractivity contribution is 7.51. The van der Waals surface area contributed by atoms with E-state index >= 15 is 0 Å². The minimum Gasteiger partial charge on any atom is -0.502 e. The van der Waals surface area contributed by atoms with Gasteiger partial charge in [0.2, 0.25) is 11.6 Å². The molecule has 0 aliphatic carbocycles. The Hall–Kier alpha value is -3.04. The SMILES string of the molecule is COc1cc(-c2nc(-c3ccc(NCC(O)CP(=O)(O)O)cc3)c(C)o2)cc(OC)c1O. The van der Waals surface area contributed by atoms with Crippen molar-refractivity contribution >= 4 is 13.3 Å². The number of nitrogens with one attached hydrogen (secondary N) is 1. The van der Waals surface area contributed by atoms with Crippen molar-refractivity contribution in [2.24, 2.45) is 0 Å². The number of ether oxygens (including phenoxy) is 2. The van der Waals surface area contributed by atoms with Gasteiger partial charge in [-0.3, -0.25) is 4.57 Å². The van der Waals surface area contributed by atoms with E-state index in [1.54, 1.807) is 31.2 Å². The molecule has 1 heterocycles. The van der Waals surface area contributed by atoms with Crippen LogP contribution in [-0.4, -0.2) is 58.0 Å². The van der Waals surface area contributed by atoms with Crippen LogP contribution < -0.4 is 14.8 Å². The molecule has 0 aliphatic heterocycles. The van der Waals surface area contributed by atoms with Crippen molar-refractivity contribution in [1.82, 2.24) is 4.98 Å². The van der Waals surface area contributed by atoms with Crippen LogP contribution in [-0.2, 0) is 4.57 Å². The van der Waals surface area contributed by atoms with Gasteiger partial charge in [0, 0.05) is 23.4 Å². The lowest BCUT2D eigenvalue weighted by Crippen LogP contribution is -2.23.